The number of carbonyl (C=O) groups excluding carboxylic acids is 1. The first-order valence-corrected chi connectivity index (χ1v) is 9.40. The molecule has 4 rings (SSSR count). The van der Waals surface area contributed by atoms with E-state index in [9.17, 15) is 13.6 Å². The van der Waals surface area contributed by atoms with Crippen molar-refractivity contribution in [2.75, 3.05) is 13.1 Å². The molecule has 152 valence electrons. The van der Waals surface area contributed by atoms with Crippen LogP contribution in [-0.2, 0) is 0 Å². The van der Waals surface area contributed by atoms with Crippen LogP contribution in [0.3, 0.4) is 0 Å². The van der Waals surface area contributed by atoms with Gasteiger partial charge in [-0.2, -0.15) is 5.10 Å². The number of hydrogen-bond acceptors (Lipinski definition) is 4. The Hall–Kier alpha value is -3.67. The van der Waals surface area contributed by atoms with Crippen molar-refractivity contribution in [3.8, 4) is 17.1 Å². The minimum Gasteiger partial charge on any atom is -0.337 e. The van der Waals surface area contributed by atoms with Gasteiger partial charge in [-0.1, -0.05) is 6.07 Å². The van der Waals surface area contributed by atoms with Gasteiger partial charge in [-0.3, -0.25) is 14.8 Å². The van der Waals surface area contributed by atoms with Gasteiger partial charge >= 0.3 is 0 Å². The van der Waals surface area contributed by atoms with E-state index in [1.807, 2.05) is 19.1 Å². The van der Waals surface area contributed by atoms with Gasteiger partial charge in [0.15, 0.2) is 5.69 Å². The zero-order chi connectivity index (χ0) is 21.3. The third kappa shape index (κ3) is 3.89. The number of nitrogens with zero attached hydrogens (tertiary/aromatic N) is 6. The van der Waals surface area contributed by atoms with Gasteiger partial charge in [-0.05, 0) is 31.2 Å². The smallest absolute Gasteiger partial charge is 0.274 e. The molecule has 1 fully saturated rings. The van der Waals surface area contributed by atoms with E-state index in [1.54, 1.807) is 29.1 Å². The van der Waals surface area contributed by atoms with Crippen LogP contribution in [0.5, 0.6) is 0 Å². The lowest BCUT2D eigenvalue weighted by Gasteiger charge is -2.31. The molecule has 0 spiro atoms. The topological polar surface area (TPSA) is 68.3 Å². The number of aromatic nitrogens is 4. The second-order valence-corrected chi connectivity index (χ2v) is 7.15. The molecule has 7 nitrogen and oxygen atoms in total. The highest BCUT2D eigenvalue weighted by atomic mass is 19.3. The van der Waals surface area contributed by atoms with Crippen molar-refractivity contribution in [1.29, 1.82) is 0 Å². The van der Waals surface area contributed by atoms with Gasteiger partial charge in [0.05, 0.1) is 29.8 Å². The summed E-state index contributed by atoms with van der Waals surface area (Å²) in [6.07, 6.45) is 2.37. The summed E-state index contributed by atoms with van der Waals surface area (Å²) in [6.45, 7) is 8.90. The molecule has 1 amide bonds. The van der Waals surface area contributed by atoms with Gasteiger partial charge in [0.1, 0.15) is 0 Å². The van der Waals surface area contributed by atoms with Crippen LogP contribution in [0.4, 0.5) is 14.5 Å². The van der Waals surface area contributed by atoms with Crippen molar-refractivity contribution in [1.82, 2.24) is 24.6 Å². The van der Waals surface area contributed by atoms with Gasteiger partial charge < -0.3 is 4.90 Å². The van der Waals surface area contributed by atoms with Crippen LogP contribution < -0.4 is 0 Å². The summed E-state index contributed by atoms with van der Waals surface area (Å²) in [6, 6.07) is 8.55. The number of likely N-dealkylation sites (tertiary alicyclic amines) is 1. The van der Waals surface area contributed by atoms with Gasteiger partial charge in [0.25, 0.3) is 11.8 Å². The van der Waals surface area contributed by atoms with Crippen LogP contribution in [-0.4, -0.2) is 49.6 Å². The van der Waals surface area contributed by atoms with Crippen molar-refractivity contribution in [3.63, 3.8) is 0 Å². The average Bonchev–Trinajstić information content (AvgIpc) is 3.19. The second kappa shape index (κ2) is 7.63. The number of halogens is 2. The molecule has 0 aliphatic carbocycles. The van der Waals surface area contributed by atoms with Crippen LogP contribution in [0, 0.1) is 13.5 Å². The van der Waals surface area contributed by atoms with Crippen LogP contribution in [0.2, 0.25) is 0 Å². The number of carbonyl (C=O) groups is 1. The van der Waals surface area contributed by atoms with E-state index in [0.717, 1.165) is 5.69 Å². The highest BCUT2D eigenvalue weighted by Crippen LogP contribution is 2.29. The van der Waals surface area contributed by atoms with Gasteiger partial charge in [0.2, 0.25) is 5.69 Å². The van der Waals surface area contributed by atoms with E-state index < -0.39 is 11.8 Å². The van der Waals surface area contributed by atoms with Crippen LogP contribution in [0.25, 0.3) is 21.9 Å². The average molecular weight is 408 g/mol. The first kappa shape index (κ1) is 19.6. The van der Waals surface area contributed by atoms with Crippen LogP contribution >= 0.6 is 0 Å². The molecule has 30 heavy (non-hydrogen) atoms. The molecule has 0 atom stereocenters. The maximum absolute atomic E-state index is 13.5. The van der Waals surface area contributed by atoms with Crippen molar-refractivity contribution >= 4 is 11.6 Å². The summed E-state index contributed by atoms with van der Waals surface area (Å²) in [5, 5.41) is 4.44. The molecule has 9 heteroatoms. The maximum atomic E-state index is 13.5. The van der Waals surface area contributed by atoms with E-state index in [4.69, 9.17) is 6.57 Å². The molecule has 0 unspecified atom stereocenters. The zero-order valence-corrected chi connectivity index (χ0v) is 16.2. The Labute approximate surface area is 171 Å². The third-order valence-electron chi connectivity index (χ3n) is 4.99. The van der Waals surface area contributed by atoms with Gasteiger partial charge in [0, 0.05) is 37.8 Å². The SMILES string of the molecule is [C-]#[N+]c1ccc(-c2cc(C(=O)N3CCC(F)(F)CC3)nn2-c2ccc(C)nc2)nc1. The molecule has 1 aliphatic heterocycles. The predicted molar refractivity (Wildman–Crippen MR) is 106 cm³/mol. The Kier molecular flexibility index (Phi) is 4.99. The minimum atomic E-state index is -2.73. The van der Waals surface area contributed by atoms with E-state index in [0.29, 0.717) is 22.8 Å². The fraction of sp³-hybridized carbons (Fsp3) is 0.286. The van der Waals surface area contributed by atoms with Crippen LogP contribution in [0.15, 0.2) is 42.7 Å². The number of rotatable bonds is 3. The molecule has 0 saturated carbocycles. The molecular weight excluding hydrogens is 390 g/mol. The number of piperidine rings is 1. The molecule has 3 aromatic heterocycles. The van der Waals surface area contributed by atoms with E-state index in [1.165, 1.54) is 11.1 Å². The summed E-state index contributed by atoms with van der Waals surface area (Å²) in [4.78, 5) is 26.2. The minimum absolute atomic E-state index is 0.0158. The van der Waals surface area contributed by atoms with E-state index in [2.05, 4.69) is 19.9 Å². The molecule has 0 aromatic carbocycles. The Morgan fingerprint density at radius 1 is 1.13 bits per heavy atom. The fourth-order valence-corrected chi connectivity index (χ4v) is 3.25. The Bertz CT molecular complexity index is 1110. The lowest BCUT2D eigenvalue weighted by Crippen LogP contribution is -2.42. The van der Waals surface area contributed by atoms with E-state index >= 15 is 0 Å². The molecule has 0 radical (unpaired) electrons. The number of alkyl halides is 2. The highest BCUT2D eigenvalue weighted by molar-refractivity contribution is 5.93. The van der Waals surface area contributed by atoms with E-state index in [-0.39, 0.29) is 31.6 Å². The van der Waals surface area contributed by atoms with Crippen molar-refractivity contribution in [3.05, 3.63) is 65.5 Å². The molecule has 1 aliphatic rings. The standard InChI is InChI=1S/C21H18F2N6O/c1-14-3-5-16(13-25-14)29-19(17-6-4-15(24-2)12-26-17)11-18(27-29)20(30)28-9-7-21(22,23)8-10-28/h3-6,11-13H,7-10H2,1H3. The lowest BCUT2D eigenvalue weighted by atomic mass is 10.1. The Morgan fingerprint density at radius 3 is 2.50 bits per heavy atom. The number of hydrogen-bond donors (Lipinski definition) is 0. The summed E-state index contributed by atoms with van der Waals surface area (Å²) in [7, 11) is 0. The second-order valence-electron chi connectivity index (χ2n) is 7.15. The largest absolute Gasteiger partial charge is 0.337 e. The molecule has 0 N–H and O–H groups in total. The maximum Gasteiger partial charge on any atom is 0.274 e. The summed E-state index contributed by atoms with van der Waals surface area (Å²) >= 11 is 0. The number of amides is 1. The molecule has 1 saturated heterocycles. The lowest BCUT2D eigenvalue weighted by molar-refractivity contribution is -0.0495. The van der Waals surface area contributed by atoms with Crippen LogP contribution in [0.1, 0.15) is 29.0 Å². The predicted octanol–water partition coefficient (Wildman–Crippen LogP) is 4.06. The molecule has 3 aromatic rings. The number of pyridine rings is 2. The molecule has 4 heterocycles. The Balaban J connectivity index is 1.73. The van der Waals surface area contributed by atoms with Crippen molar-refractivity contribution in [2.45, 2.75) is 25.7 Å². The quantitative estimate of drug-likeness (QED) is 0.613. The fourth-order valence-electron chi connectivity index (χ4n) is 3.25. The van der Waals surface area contributed by atoms with Crippen molar-refractivity contribution < 1.29 is 13.6 Å². The normalized spacial score (nSPS) is 15.6. The first-order chi connectivity index (χ1) is 14.4. The first-order valence-electron chi connectivity index (χ1n) is 9.40. The highest BCUT2D eigenvalue weighted by Gasteiger charge is 2.36. The zero-order valence-electron chi connectivity index (χ0n) is 16.2. The summed E-state index contributed by atoms with van der Waals surface area (Å²) in [5.74, 6) is -3.13. The van der Waals surface area contributed by atoms with Gasteiger partial charge in [-0.15, -0.1) is 0 Å². The third-order valence-corrected chi connectivity index (χ3v) is 4.99. The van der Waals surface area contributed by atoms with Crippen molar-refractivity contribution in [2.24, 2.45) is 0 Å². The Morgan fingerprint density at radius 2 is 1.90 bits per heavy atom. The number of aryl methyl sites for hydroxylation is 1. The summed E-state index contributed by atoms with van der Waals surface area (Å²) in [5.41, 5.74) is 3.08. The monoisotopic (exact) mass is 408 g/mol. The summed E-state index contributed by atoms with van der Waals surface area (Å²) < 4.78 is 28.5. The molecular formula is C21H18F2N6O. The van der Waals surface area contributed by atoms with Gasteiger partial charge in [-0.25, -0.2) is 18.3 Å². The molecule has 0 bridgehead atoms.